The first-order valence-electron chi connectivity index (χ1n) is 6.90. The minimum absolute atomic E-state index is 0.161. The van der Waals surface area contributed by atoms with Crippen LogP contribution >= 0.6 is 11.8 Å². The fourth-order valence-electron chi connectivity index (χ4n) is 2.15. The molecule has 0 aliphatic carbocycles. The van der Waals surface area contributed by atoms with Gasteiger partial charge in [-0.2, -0.15) is 0 Å². The van der Waals surface area contributed by atoms with Gasteiger partial charge >= 0.3 is 5.69 Å². The van der Waals surface area contributed by atoms with Crippen molar-refractivity contribution in [2.75, 3.05) is 18.8 Å². The number of hydrogen-bond acceptors (Lipinski definition) is 5. The van der Waals surface area contributed by atoms with Crippen LogP contribution in [0.5, 0.6) is 0 Å². The van der Waals surface area contributed by atoms with Crippen LogP contribution < -0.4 is 11.0 Å². The second-order valence-electron chi connectivity index (χ2n) is 4.99. The number of aromatic nitrogens is 2. The summed E-state index contributed by atoms with van der Waals surface area (Å²) in [5, 5.41) is 2.37. The number of nitrogens with zero attached hydrogens (tertiary/aromatic N) is 2. The summed E-state index contributed by atoms with van der Waals surface area (Å²) in [4.78, 5) is 49.9. The summed E-state index contributed by atoms with van der Waals surface area (Å²) in [5.41, 5.74) is 1.37. The van der Waals surface area contributed by atoms with E-state index in [-0.39, 0.29) is 54.6 Å². The van der Waals surface area contributed by atoms with Crippen molar-refractivity contribution in [1.82, 2.24) is 19.8 Å². The maximum absolute atomic E-state index is 11.8. The van der Waals surface area contributed by atoms with E-state index in [0.717, 1.165) is 28.0 Å². The molecule has 1 aromatic heterocycles. The van der Waals surface area contributed by atoms with Gasteiger partial charge in [-0.15, -0.1) is 0 Å². The van der Waals surface area contributed by atoms with Crippen LogP contribution in [0.4, 0.5) is 4.79 Å². The highest BCUT2D eigenvalue weighted by atomic mass is 32.2. The van der Waals surface area contributed by atoms with E-state index in [2.05, 4.69) is 10.3 Å². The maximum atomic E-state index is 11.8. The highest BCUT2D eigenvalue weighted by Crippen LogP contribution is 2.17. The van der Waals surface area contributed by atoms with Crippen LogP contribution in [0.2, 0.25) is 0 Å². The number of amides is 3. The maximum Gasteiger partial charge on any atom is 0.325 e. The number of imidazole rings is 1. The monoisotopic (exact) mass is 326 g/mol. The van der Waals surface area contributed by atoms with Gasteiger partial charge in [-0.3, -0.25) is 23.9 Å². The summed E-state index contributed by atoms with van der Waals surface area (Å²) < 4.78 is 1.51. The molecule has 0 saturated carbocycles. The molecule has 0 aromatic carbocycles. The topological polar surface area (TPSA) is 104 Å². The van der Waals surface area contributed by atoms with E-state index in [1.54, 1.807) is 6.92 Å². The van der Waals surface area contributed by atoms with E-state index in [1.807, 2.05) is 6.92 Å². The summed E-state index contributed by atoms with van der Waals surface area (Å²) in [6, 6.07) is 0. The Morgan fingerprint density at radius 1 is 1.27 bits per heavy atom. The molecule has 0 unspecified atom stereocenters. The van der Waals surface area contributed by atoms with Gasteiger partial charge in [-0.05, 0) is 13.8 Å². The number of hydrogen-bond donors (Lipinski definition) is 2. The Morgan fingerprint density at radius 3 is 2.55 bits per heavy atom. The van der Waals surface area contributed by atoms with Gasteiger partial charge in [0.1, 0.15) is 0 Å². The Labute approximate surface area is 131 Å². The molecule has 0 spiro atoms. The van der Waals surface area contributed by atoms with Crippen molar-refractivity contribution in [3.8, 4) is 0 Å². The molecule has 9 heteroatoms. The standard InChI is InChI=1S/C13H18N4O4S/c1-8-9(2)16(12(20)15-8)5-3-10(18)14-4-6-17-11(19)7-22-13(17)21/h3-7H2,1-2H3,(H,14,18)(H,15,20). The lowest BCUT2D eigenvalue weighted by atomic mass is 10.3. The van der Waals surface area contributed by atoms with Gasteiger partial charge in [-0.1, -0.05) is 11.8 Å². The Kier molecular flexibility index (Phi) is 5.07. The molecule has 1 aliphatic rings. The van der Waals surface area contributed by atoms with Crippen molar-refractivity contribution in [3.63, 3.8) is 0 Å². The summed E-state index contributed by atoms with van der Waals surface area (Å²) in [6.07, 6.45) is 0.161. The summed E-state index contributed by atoms with van der Waals surface area (Å²) >= 11 is 0.969. The summed E-state index contributed by atoms with van der Waals surface area (Å²) in [7, 11) is 0. The van der Waals surface area contributed by atoms with E-state index in [1.165, 1.54) is 4.57 Å². The van der Waals surface area contributed by atoms with Crippen LogP contribution in [0, 0.1) is 13.8 Å². The van der Waals surface area contributed by atoms with Crippen LogP contribution in [0.1, 0.15) is 17.8 Å². The number of nitrogens with one attached hydrogen (secondary N) is 2. The minimum atomic E-state index is -0.274. The number of imide groups is 1. The lowest BCUT2D eigenvalue weighted by molar-refractivity contribution is -0.125. The van der Waals surface area contributed by atoms with Crippen molar-refractivity contribution < 1.29 is 14.4 Å². The Hall–Kier alpha value is -2.03. The quantitative estimate of drug-likeness (QED) is 0.765. The fraction of sp³-hybridized carbons (Fsp3) is 0.538. The number of carbonyl (C=O) groups is 3. The molecule has 22 heavy (non-hydrogen) atoms. The van der Waals surface area contributed by atoms with Crippen molar-refractivity contribution in [2.45, 2.75) is 26.8 Å². The number of aryl methyl sites for hydroxylation is 1. The summed E-state index contributed by atoms with van der Waals surface area (Å²) in [6.45, 7) is 4.30. The first-order valence-corrected chi connectivity index (χ1v) is 7.88. The molecule has 1 aromatic rings. The van der Waals surface area contributed by atoms with E-state index >= 15 is 0 Å². The number of carbonyl (C=O) groups excluding carboxylic acids is 3. The fourth-order valence-corrected chi connectivity index (χ4v) is 2.90. The second kappa shape index (κ2) is 6.82. The van der Waals surface area contributed by atoms with Crippen LogP contribution in [0.15, 0.2) is 4.79 Å². The van der Waals surface area contributed by atoms with Gasteiger partial charge in [0, 0.05) is 37.4 Å². The van der Waals surface area contributed by atoms with Crippen molar-refractivity contribution in [1.29, 1.82) is 0 Å². The molecule has 2 heterocycles. The second-order valence-corrected chi connectivity index (χ2v) is 5.92. The highest BCUT2D eigenvalue weighted by molar-refractivity contribution is 8.14. The van der Waals surface area contributed by atoms with E-state index < -0.39 is 0 Å². The first-order chi connectivity index (χ1) is 10.4. The molecular formula is C13H18N4O4S. The molecule has 2 N–H and O–H groups in total. The molecule has 0 bridgehead atoms. The number of thioether (sulfide) groups is 1. The molecule has 120 valence electrons. The molecule has 0 radical (unpaired) electrons. The van der Waals surface area contributed by atoms with Crippen LogP contribution in [0.25, 0.3) is 0 Å². The van der Waals surface area contributed by atoms with Crippen LogP contribution in [0.3, 0.4) is 0 Å². The normalized spacial score (nSPS) is 14.7. The summed E-state index contributed by atoms with van der Waals surface area (Å²) in [5.74, 6) is -0.284. The molecular weight excluding hydrogens is 308 g/mol. The number of aromatic amines is 1. The minimum Gasteiger partial charge on any atom is -0.354 e. The van der Waals surface area contributed by atoms with Gasteiger partial charge in [0.25, 0.3) is 5.24 Å². The number of H-pyrrole nitrogens is 1. The third-order valence-corrected chi connectivity index (χ3v) is 4.41. The zero-order valence-corrected chi connectivity index (χ0v) is 13.3. The van der Waals surface area contributed by atoms with Gasteiger partial charge in [0.05, 0.1) is 5.75 Å². The Morgan fingerprint density at radius 2 is 2.00 bits per heavy atom. The average Bonchev–Trinajstić information content (AvgIpc) is 2.90. The largest absolute Gasteiger partial charge is 0.354 e. The Bertz CT molecular complexity index is 647. The predicted molar refractivity (Wildman–Crippen MR) is 81.7 cm³/mol. The molecule has 0 atom stereocenters. The molecule has 3 amide bonds. The SMILES string of the molecule is Cc1[nH]c(=O)n(CCC(=O)NCCN2C(=O)CSC2=O)c1C. The predicted octanol–water partition coefficient (Wildman–Crippen LogP) is -0.00506. The highest BCUT2D eigenvalue weighted by Gasteiger charge is 2.29. The van der Waals surface area contributed by atoms with Crippen LogP contribution in [-0.2, 0) is 16.1 Å². The zero-order valence-electron chi connectivity index (χ0n) is 12.5. The Balaban J connectivity index is 1.75. The molecule has 1 saturated heterocycles. The third kappa shape index (κ3) is 3.59. The van der Waals surface area contributed by atoms with E-state index in [0.29, 0.717) is 0 Å². The molecule has 8 nitrogen and oxygen atoms in total. The van der Waals surface area contributed by atoms with E-state index in [4.69, 9.17) is 0 Å². The molecule has 2 rings (SSSR count). The van der Waals surface area contributed by atoms with Gasteiger partial charge < -0.3 is 10.3 Å². The third-order valence-electron chi connectivity index (χ3n) is 3.55. The smallest absolute Gasteiger partial charge is 0.325 e. The van der Waals surface area contributed by atoms with Gasteiger partial charge in [0.2, 0.25) is 11.8 Å². The lowest BCUT2D eigenvalue weighted by Gasteiger charge is -2.13. The number of rotatable bonds is 6. The lowest BCUT2D eigenvalue weighted by Crippen LogP contribution is -2.37. The van der Waals surface area contributed by atoms with Gasteiger partial charge in [0.15, 0.2) is 0 Å². The van der Waals surface area contributed by atoms with Gasteiger partial charge in [-0.25, -0.2) is 4.79 Å². The van der Waals surface area contributed by atoms with Crippen molar-refractivity contribution in [3.05, 3.63) is 21.9 Å². The molecule has 1 fully saturated rings. The zero-order chi connectivity index (χ0) is 16.3. The van der Waals surface area contributed by atoms with Crippen molar-refractivity contribution >= 4 is 28.8 Å². The van der Waals surface area contributed by atoms with E-state index in [9.17, 15) is 19.2 Å². The van der Waals surface area contributed by atoms with Crippen molar-refractivity contribution in [2.24, 2.45) is 0 Å². The first kappa shape index (κ1) is 16.3. The molecule has 1 aliphatic heterocycles. The average molecular weight is 326 g/mol. The van der Waals surface area contributed by atoms with Crippen LogP contribution in [-0.4, -0.2) is 50.3 Å².